The normalized spacial score (nSPS) is 20.2. The quantitative estimate of drug-likeness (QED) is 0.655. The van der Waals surface area contributed by atoms with Crippen LogP contribution in [0.25, 0.3) is 6.08 Å². The lowest BCUT2D eigenvalue weighted by molar-refractivity contribution is -0.0985. The second-order valence-electron chi connectivity index (χ2n) is 3.07. The maximum atomic E-state index is 5.50. The van der Waals surface area contributed by atoms with E-state index in [1.165, 1.54) is 5.56 Å². The minimum absolute atomic E-state index is 0.249. The molecule has 2 rings (SSSR count). The molecule has 1 aromatic rings. The van der Waals surface area contributed by atoms with Crippen LogP contribution < -0.4 is 0 Å². The average molecular weight is 176 g/mol. The molecular formula is C11H12O2. The molecule has 1 atom stereocenters. The van der Waals surface area contributed by atoms with Crippen molar-refractivity contribution in [1.29, 1.82) is 0 Å². The van der Waals surface area contributed by atoms with E-state index >= 15 is 0 Å². The predicted octanol–water partition coefficient (Wildman–Crippen LogP) is 2.72. The third kappa shape index (κ3) is 1.45. The van der Waals surface area contributed by atoms with Crippen LogP contribution in [-0.4, -0.2) is 7.11 Å². The van der Waals surface area contributed by atoms with Gasteiger partial charge in [-0.1, -0.05) is 24.3 Å². The Morgan fingerprint density at radius 1 is 1.31 bits per heavy atom. The Bertz CT molecular complexity index is 342. The summed E-state index contributed by atoms with van der Waals surface area (Å²) in [5.74, 6) is 0.894. The first-order valence-corrected chi connectivity index (χ1v) is 4.28. The fourth-order valence-corrected chi connectivity index (χ4v) is 1.52. The Morgan fingerprint density at radius 3 is 2.85 bits per heavy atom. The highest BCUT2D eigenvalue weighted by molar-refractivity contribution is 5.57. The lowest BCUT2D eigenvalue weighted by Gasteiger charge is -2.24. The fraction of sp³-hybridized carbons (Fsp3) is 0.273. The van der Waals surface area contributed by atoms with Crippen LogP contribution in [0.3, 0.4) is 0 Å². The van der Waals surface area contributed by atoms with Crippen molar-refractivity contribution in [2.45, 2.75) is 13.2 Å². The zero-order valence-corrected chi connectivity index (χ0v) is 7.78. The van der Waals surface area contributed by atoms with E-state index in [1.807, 2.05) is 31.2 Å². The summed E-state index contributed by atoms with van der Waals surface area (Å²) in [4.78, 5) is 0. The van der Waals surface area contributed by atoms with Crippen molar-refractivity contribution in [3.05, 3.63) is 41.2 Å². The van der Waals surface area contributed by atoms with Crippen LogP contribution in [-0.2, 0) is 9.47 Å². The number of allylic oxidation sites excluding steroid dienone is 1. The number of fused-ring (bicyclic) bond motifs is 1. The van der Waals surface area contributed by atoms with Crippen LogP contribution in [0.5, 0.6) is 0 Å². The summed E-state index contributed by atoms with van der Waals surface area (Å²) in [6.45, 7) is 1.93. The molecule has 0 spiro atoms. The van der Waals surface area contributed by atoms with Crippen LogP contribution in [0.15, 0.2) is 30.0 Å². The summed E-state index contributed by atoms with van der Waals surface area (Å²) in [6, 6.07) is 8.09. The van der Waals surface area contributed by atoms with Crippen LogP contribution in [0.2, 0.25) is 0 Å². The third-order valence-electron chi connectivity index (χ3n) is 2.12. The molecule has 2 heteroatoms. The van der Waals surface area contributed by atoms with Gasteiger partial charge in [-0.3, -0.25) is 0 Å². The molecule has 0 bridgehead atoms. The van der Waals surface area contributed by atoms with Crippen molar-refractivity contribution in [2.24, 2.45) is 0 Å². The maximum absolute atomic E-state index is 5.50. The molecule has 1 aliphatic rings. The predicted molar refractivity (Wildman–Crippen MR) is 50.9 cm³/mol. The standard InChI is InChI=1S/C11H12O2/c1-8-7-9-5-3-4-6-10(9)11(12-2)13-8/h3-7,11H,1-2H3/t11-/m0/s1. The lowest BCUT2D eigenvalue weighted by Crippen LogP contribution is -2.10. The molecule has 0 saturated carbocycles. The second kappa shape index (κ2) is 3.23. The minimum Gasteiger partial charge on any atom is -0.465 e. The lowest BCUT2D eigenvalue weighted by atomic mass is 10.0. The molecule has 68 valence electrons. The van der Waals surface area contributed by atoms with E-state index in [2.05, 4.69) is 6.07 Å². The van der Waals surface area contributed by atoms with E-state index in [4.69, 9.17) is 9.47 Å². The Balaban J connectivity index is 2.48. The van der Waals surface area contributed by atoms with Crippen LogP contribution in [0.1, 0.15) is 24.3 Å². The van der Waals surface area contributed by atoms with Gasteiger partial charge >= 0.3 is 0 Å². The molecular weight excluding hydrogens is 164 g/mol. The molecule has 0 N–H and O–H groups in total. The number of ether oxygens (including phenoxy) is 2. The highest BCUT2D eigenvalue weighted by Crippen LogP contribution is 2.30. The number of hydrogen-bond donors (Lipinski definition) is 0. The molecule has 2 nitrogen and oxygen atoms in total. The van der Waals surface area contributed by atoms with Gasteiger partial charge in [0.25, 0.3) is 0 Å². The van der Waals surface area contributed by atoms with Gasteiger partial charge in [0.1, 0.15) is 0 Å². The molecule has 1 heterocycles. The fourth-order valence-electron chi connectivity index (χ4n) is 1.52. The monoisotopic (exact) mass is 176 g/mol. The van der Waals surface area contributed by atoms with Gasteiger partial charge < -0.3 is 9.47 Å². The molecule has 0 amide bonds. The molecule has 0 saturated heterocycles. The van der Waals surface area contributed by atoms with Crippen LogP contribution >= 0.6 is 0 Å². The first kappa shape index (κ1) is 8.32. The molecule has 0 fully saturated rings. The molecule has 1 aliphatic heterocycles. The van der Waals surface area contributed by atoms with E-state index in [1.54, 1.807) is 7.11 Å². The Labute approximate surface area is 77.8 Å². The van der Waals surface area contributed by atoms with Crippen molar-refractivity contribution in [1.82, 2.24) is 0 Å². The van der Waals surface area contributed by atoms with E-state index in [9.17, 15) is 0 Å². The summed E-state index contributed by atoms with van der Waals surface area (Å²) >= 11 is 0. The first-order chi connectivity index (χ1) is 6.31. The van der Waals surface area contributed by atoms with Gasteiger partial charge in [0.2, 0.25) is 6.29 Å². The highest BCUT2D eigenvalue weighted by Gasteiger charge is 2.19. The van der Waals surface area contributed by atoms with Crippen LogP contribution in [0, 0.1) is 0 Å². The van der Waals surface area contributed by atoms with Crippen molar-refractivity contribution >= 4 is 6.08 Å². The second-order valence-corrected chi connectivity index (χ2v) is 3.07. The SMILES string of the molecule is CO[C@H]1OC(C)=Cc2ccccc21. The largest absolute Gasteiger partial charge is 0.465 e. The molecule has 0 radical (unpaired) electrons. The molecule has 0 unspecified atom stereocenters. The zero-order chi connectivity index (χ0) is 9.26. The van der Waals surface area contributed by atoms with Gasteiger partial charge in [0.15, 0.2) is 0 Å². The van der Waals surface area contributed by atoms with E-state index in [0.29, 0.717) is 0 Å². The molecule has 1 aromatic carbocycles. The van der Waals surface area contributed by atoms with Gasteiger partial charge in [-0.2, -0.15) is 0 Å². The van der Waals surface area contributed by atoms with Gasteiger partial charge in [-0.05, 0) is 18.6 Å². The number of hydrogen-bond acceptors (Lipinski definition) is 2. The van der Waals surface area contributed by atoms with Crippen LogP contribution in [0.4, 0.5) is 0 Å². The van der Waals surface area contributed by atoms with Gasteiger partial charge in [0.05, 0.1) is 5.76 Å². The van der Waals surface area contributed by atoms with E-state index in [-0.39, 0.29) is 6.29 Å². The average Bonchev–Trinajstić information content (AvgIpc) is 2.16. The number of methoxy groups -OCH3 is 1. The first-order valence-electron chi connectivity index (χ1n) is 4.28. The van der Waals surface area contributed by atoms with Crippen molar-refractivity contribution < 1.29 is 9.47 Å². The Morgan fingerprint density at radius 2 is 2.08 bits per heavy atom. The van der Waals surface area contributed by atoms with E-state index in [0.717, 1.165) is 11.3 Å². The zero-order valence-electron chi connectivity index (χ0n) is 7.78. The van der Waals surface area contributed by atoms with Crippen molar-refractivity contribution in [2.75, 3.05) is 7.11 Å². The number of rotatable bonds is 1. The van der Waals surface area contributed by atoms with Gasteiger partial charge in [-0.15, -0.1) is 0 Å². The van der Waals surface area contributed by atoms with Gasteiger partial charge in [-0.25, -0.2) is 0 Å². The van der Waals surface area contributed by atoms with Gasteiger partial charge in [0, 0.05) is 12.7 Å². The van der Waals surface area contributed by atoms with Crippen molar-refractivity contribution in [3.8, 4) is 0 Å². The summed E-state index contributed by atoms with van der Waals surface area (Å²) in [7, 11) is 1.65. The Hall–Kier alpha value is -1.28. The van der Waals surface area contributed by atoms with Crippen molar-refractivity contribution in [3.63, 3.8) is 0 Å². The Kier molecular flexibility index (Phi) is 2.07. The molecule has 13 heavy (non-hydrogen) atoms. The molecule has 0 aliphatic carbocycles. The number of benzene rings is 1. The van der Waals surface area contributed by atoms with E-state index < -0.39 is 0 Å². The summed E-state index contributed by atoms with van der Waals surface area (Å²) < 4.78 is 10.7. The highest BCUT2D eigenvalue weighted by atomic mass is 16.7. The smallest absolute Gasteiger partial charge is 0.226 e. The molecule has 0 aromatic heterocycles. The summed E-state index contributed by atoms with van der Waals surface area (Å²) in [5, 5.41) is 0. The maximum Gasteiger partial charge on any atom is 0.226 e. The summed E-state index contributed by atoms with van der Waals surface area (Å²) in [5.41, 5.74) is 2.27. The minimum atomic E-state index is -0.249. The summed E-state index contributed by atoms with van der Waals surface area (Å²) in [6.07, 6.45) is 1.77. The topological polar surface area (TPSA) is 18.5 Å². The third-order valence-corrected chi connectivity index (χ3v) is 2.12.